The van der Waals surface area contributed by atoms with Gasteiger partial charge in [-0.15, -0.1) is 0 Å². The molecule has 2 unspecified atom stereocenters. The first-order chi connectivity index (χ1) is 7.33. The van der Waals surface area contributed by atoms with Gasteiger partial charge < -0.3 is 14.8 Å². The zero-order valence-electron chi connectivity index (χ0n) is 10.1. The van der Waals surface area contributed by atoms with Crippen LogP contribution in [0.4, 0.5) is 0 Å². The summed E-state index contributed by atoms with van der Waals surface area (Å²) in [5.41, 5.74) is 0. The number of rotatable bonds is 8. The number of hydrogen-bond acceptors (Lipinski definition) is 3. The Labute approximate surface area is 93.5 Å². The highest BCUT2D eigenvalue weighted by molar-refractivity contribution is 4.64. The van der Waals surface area contributed by atoms with Gasteiger partial charge in [0.05, 0.1) is 19.3 Å². The highest BCUT2D eigenvalue weighted by Crippen LogP contribution is 2.14. The lowest BCUT2D eigenvalue weighted by Gasteiger charge is -2.15. The van der Waals surface area contributed by atoms with Crippen molar-refractivity contribution in [3.63, 3.8) is 0 Å². The lowest BCUT2D eigenvalue weighted by molar-refractivity contribution is 0.0312. The Morgan fingerprint density at radius 3 is 3.07 bits per heavy atom. The largest absolute Gasteiger partial charge is 0.381 e. The van der Waals surface area contributed by atoms with Crippen molar-refractivity contribution in [3.05, 3.63) is 0 Å². The zero-order valence-corrected chi connectivity index (χ0v) is 10.1. The van der Waals surface area contributed by atoms with E-state index >= 15 is 0 Å². The summed E-state index contributed by atoms with van der Waals surface area (Å²) in [6, 6.07) is 0. The van der Waals surface area contributed by atoms with Gasteiger partial charge >= 0.3 is 0 Å². The van der Waals surface area contributed by atoms with Gasteiger partial charge in [0.25, 0.3) is 0 Å². The van der Waals surface area contributed by atoms with E-state index in [0.29, 0.717) is 12.0 Å². The molecule has 0 aromatic rings. The van der Waals surface area contributed by atoms with Gasteiger partial charge in [0.15, 0.2) is 0 Å². The molecular formula is C12H25NO2. The van der Waals surface area contributed by atoms with Gasteiger partial charge in [-0.2, -0.15) is 0 Å². The van der Waals surface area contributed by atoms with E-state index in [1.54, 1.807) is 0 Å². The molecule has 0 aromatic carbocycles. The Morgan fingerprint density at radius 1 is 1.53 bits per heavy atom. The van der Waals surface area contributed by atoms with E-state index in [4.69, 9.17) is 9.47 Å². The molecule has 0 radical (unpaired) electrons. The SMILES string of the molecule is CCNCCCC(C)OCC1CCOC1. The van der Waals surface area contributed by atoms with Crippen molar-refractivity contribution in [1.29, 1.82) is 0 Å². The van der Waals surface area contributed by atoms with Gasteiger partial charge in [-0.25, -0.2) is 0 Å². The molecule has 1 saturated heterocycles. The van der Waals surface area contributed by atoms with Crippen molar-refractivity contribution in [2.45, 2.75) is 39.2 Å². The molecule has 0 saturated carbocycles. The maximum Gasteiger partial charge on any atom is 0.0547 e. The molecule has 1 rings (SSSR count). The third-order valence-electron chi connectivity index (χ3n) is 2.85. The first-order valence-electron chi connectivity index (χ1n) is 6.23. The van der Waals surface area contributed by atoms with E-state index in [1.807, 2.05) is 0 Å². The zero-order chi connectivity index (χ0) is 10.9. The maximum absolute atomic E-state index is 5.80. The lowest BCUT2D eigenvalue weighted by Crippen LogP contribution is -2.19. The predicted molar refractivity (Wildman–Crippen MR) is 62.1 cm³/mol. The Bertz CT molecular complexity index is 147. The average molecular weight is 215 g/mol. The molecule has 3 heteroatoms. The van der Waals surface area contributed by atoms with E-state index in [-0.39, 0.29) is 0 Å². The van der Waals surface area contributed by atoms with E-state index in [9.17, 15) is 0 Å². The molecule has 0 aliphatic carbocycles. The standard InChI is InChI=1S/C12H25NO2/c1-3-13-7-4-5-11(2)15-10-12-6-8-14-9-12/h11-13H,3-10H2,1-2H3. The average Bonchev–Trinajstić information content (AvgIpc) is 2.74. The van der Waals surface area contributed by atoms with Crippen LogP contribution in [0.3, 0.4) is 0 Å². The Hall–Kier alpha value is -0.120. The molecule has 1 aliphatic rings. The minimum absolute atomic E-state index is 0.393. The Morgan fingerprint density at radius 2 is 2.40 bits per heavy atom. The van der Waals surface area contributed by atoms with Gasteiger partial charge in [0, 0.05) is 12.5 Å². The van der Waals surface area contributed by atoms with Crippen LogP contribution in [0.2, 0.25) is 0 Å². The summed E-state index contributed by atoms with van der Waals surface area (Å²) in [7, 11) is 0. The predicted octanol–water partition coefficient (Wildman–Crippen LogP) is 1.82. The fourth-order valence-corrected chi connectivity index (χ4v) is 1.79. The minimum Gasteiger partial charge on any atom is -0.381 e. The van der Waals surface area contributed by atoms with Crippen LogP contribution in [0.1, 0.15) is 33.1 Å². The van der Waals surface area contributed by atoms with Crippen LogP contribution in [0.5, 0.6) is 0 Å². The van der Waals surface area contributed by atoms with Crippen LogP contribution >= 0.6 is 0 Å². The molecule has 1 fully saturated rings. The molecule has 0 aromatic heterocycles. The Kier molecular flexibility index (Phi) is 6.98. The lowest BCUT2D eigenvalue weighted by atomic mass is 10.1. The van der Waals surface area contributed by atoms with Gasteiger partial charge in [0.1, 0.15) is 0 Å². The van der Waals surface area contributed by atoms with Crippen molar-refractivity contribution in [3.8, 4) is 0 Å². The van der Waals surface area contributed by atoms with Gasteiger partial charge in [-0.3, -0.25) is 0 Å². The molecule has 15 heavy (non-hydrogen) atoms. The second-order valence-electron chi connectivity index (χ2n) is 4.37. The fraction of sp³-hybridized carbons (Fsp3) is 1.00. The topological polar surface area (TPSA) is 30.5 Å². The quantitative estimate of drug-likeness (QED) is 0.626. The van der Waals surface area contributed by atoms with Crippen LogP contribution in [-0.4, -0.2) is 39.0 Å². The van der Waals surface area contributed by atoms with Crippen LogP contribution in [0.25, 0.3) is 0 Å². The highest BCUT2D eigenvalue weighted by Gasteiger charge is 2.16. The first kappa shape index (κ1) is 12.9. The number of hydrogen-bond donors (Lipinski definition) is 1. The third-order valence-corrected chi connectivity index (χ3v) is 2.85. The number of nitrogens with one attached hydrogen (secondary N) is 1. The second kappa shape index (κ2) is 8.08. The van der Waals surface area contributed by atoms with E-state index < -0.39 is 0 Å². The first-order valence-corrected chi connectivity index (χ1v) is 6.23. The second-order valence-corrected chi connectivity index (χ2v) is 4.37. The van der Waals surface area contributed by atoms with E-state index in [0.717, 1.165) is 39.3 Å². The normalized spacial score (nSPS) is 23.2. The van der Waals surface area contributed by atoms with Crippen molar-refractivity contribution in [2.75, 3.05) is 32.9 Å². The molecular weight excluding hydrogens is 190 g/mol. The molecule has 90 valence electrons. The van der Waals surface area contributed by atoms with Gasteiger partial charge in [0.2, 0.25) is 0 Å². The molecule has 2 atom stereocenters. The smallest absolute Gasteiger partial charge is 0.0547 e. The summed E-state index contributed by atoms with van der Waals surface area (Å²) in [6.07, 6.45) is 3.92. The highest BCUT2D eigenvalue weighted by atomic mass is 16.5. The van der Waals surface area contributed by atoms with Gasteiger partial charge in [-0.1, -0.05) is 6.92 Å². The summed E-state index contributed by atoms with van der Waals surface area (Å²) in [4.78, 5) is 0. The molecule has 1 N–H and O–H groups in total. The van der Waals surface area contributed by atoms with Crippen molar-refractivity contribution in [2.24, 2.45) is 5.92 Å². The molecule has 0 spiro atoms. The summed E-state index contributed by atoms with van der Waals surface area (Å²) < 4.78 is 11.1. The molecule has 3 nitrogen and oxygen atoms in total. The van der Waals surface area contributed by atoms with E-state index in [1.165, 1.54) is 12.8 Å². The van der Waals surface area contributed by atoms with Crippen LogP contribution in [0.15, 0.2) is 0 Å². The molecule has 1 aliphatic heterocycles. The van der Waals surface area contributed by atoms with Crippen molar-refractivity contribution in [1.82, 2.24) is 5.32 Å². The van der Waals surface area contributed by atoms with Crippen LogP contribution in [-0.2, 0) is 9.47 Å². The molecule has 0 bridgehead atoms. The monoisotopic (exact) mass is 215 g/mol. The molecule has 1 heterocycles. The summed E-state index contributed by atoms with van der Waals surface area (Å²) in [6.45, 7) is 9.17. The third kappa shape index (κ3) is 6.13. The summed E-state index contributed by atoms with van der Waals surface area (Å²) >= 11 is 0. The summed E-state index contributed by atoms with van der Waals surface area (Å²) in [5.74, 6) is 0.640. The van der Waals surface area contributed by atoms with Crippen LogP contribution < -0.4 is 5.32 Å². The molecule has 0 amide bonds. The summed E-state index contributed by atoms with van der Waals surface area (Å²) in [5, 5.41) is 3.33. The van der Waals surface area contributed by atoms with Crippen LogP contribution in [0, 0.1) is 5.92 Å². The van der Waals surface area contributed by atoms with Crippen molar-refractivity contribution >= 4 is 0 Å². The van der Waals surface area contributed by atoms with Crippen molar-refractivity contribution < 1.29 is 9.47 Å². The maximum atomic E-state index is 5.80. The van der Waals surface area contributed by atoms with Gasteiger partial charge in [-0.05, 0) is 39.3 Å². The number of ether oxygens (including phenoxy) is 2. The van der Waals surface area contributed by atoms with E-state index in [2.05, 4.69) is 19.2 Å². The fourth-order valence-electron chi connectivity index (χ4n) is 1.79. The Balaban J connectivity index is 1.90. The minimum atomic E-state index is 0.393.